The summed E-state index contributed by atoms with van der Waals surface area (Å²) in [6, 6.07) is 10.9. The zero-order valence-corrected chi connectivity index (χ0v) is 15.3. The van der Waals surface area contributed by atoms with Gasteiger partial charge in [-0.2, -0.15) is 5.10 Å². The summed E-state index contributed by atoms with van der Waals surface area (Å²) in [4.78, 5) is 16.0. The molecule has 3 rings (SSSR count). The van der Waals surface area contributed by atoms with Gasteiger partial charge in [0.05, 0.1) is 17.0 Å². The largest absolute Gasteiger partial charge is 0.508 e. The van der Waals surface area contributed by atoms with Gasteiger partial charge in [0, 0.05) is 29.6 Å². The summed E-state index contributed by atoms with van der Waals surface area (Å²) in [5.74, 6) is 0.204. The number of pyridine rings is 1. The van der Waals surface area contributed by atoms with Crippen LogP contribution in [0.15, 0.2) is 55.4 Å². The second kappa shape index (κ2) is 7.86. The summed E-state index contributed by atoms with van der Waals surface area (Å²) >= 11 is 0. The average Bonchev–Trinajstić information content (AvgIpc) is 3.16. The number of aliphatic hydroxyl groups is 1. The fraction of sp³-hybridized carbons (Fsp3) is 0.190. The van der Waals surface area contributed by atoms with E-state index in [1.807, 2.05) is 22.9 Å². The van der Waals surface area contributed by atoms with E-state index in [1.54, 1.807) is 30.6 Å². The van der Waals surface area contributed by atoms with Crippen LogP contribution in [0.1, 0.15) is 41.4 Å². The molecule has 0 aliphatic heterocycles. The van der Waals surface area contributed by atoms with E-state index in [0.717, 1.165) is 17.0 Å². The minimum Gasteiger partial charge on any atom is -0.508 e. The molecule has 0 aliphatic carbocycles. The Morgan fingerprint density at radius 1 is 1.26 bits per heavy atom. The molecule has 6 heteroatoms. The van der Waals surface area contributed by atoms with Crippen molar-refractivity contribution in [1.82, 2.24) is 14.8 Å². The second-order valence-electron chi connectivity index (χ2n) is 6.34. The SMILES string of the molecule is C=C(O)c1cccc(OCc2cccnc2-c2ccnn2C(C)C)c1C=O. The third kappa shape index (κ3) is 3.74. The van der Waals surface area contributed by atoms with E-state index in [-0.39, 0.29) is 24.0 Å². The molecule has 0 fully saturated rings. The van der Waals surface area contributed by atoms with Crippen LogP contribution in [-0.2, 0) is 6.61 Å². The molecule has 0 aliphatic rings. The highest BCUT2D eigenvalue weighted by molar-refractivity contribution is 5.87. The third-order valence-electron chi connectivity index (χ3n) is 4.17. The number of ether oxygens (including phenoxy) is 1. The molecule has 0 bridgehead atoms. The normalized spacial score (nSPS) is 10.8. The van der Waals surface area contributed by atoms with Crippen molar-refractivity contribution >= 4 is 12.0 Å². The molecule has 0 saturated heterocycles. The summed E-state index contributed by atoms with van der Waals surface area (Å²) in [5.41, 5.74) is 3.16. The van der Waals surface area contributed by atoms with Crippen molar-refractivity contribution < 1.29 is 14.6 Å². The van der Waals surface area contributed by atoms with Crippen LogP contribution >= 0.6 is 0 Å². The van der Waals surface area contributed by atoms with Gasteiger partial charge in [0.1, 0.15) is 18.1 Å². The van der Waals surface area contributed by atoms with Gasteiger partial charge in [-0.1, -0.05) is 24.8 Å². The molecule has 0 atom stereocenters. The molecule has 0 amide bonds. The van der Waals surface area contributed by atoms with Gasteiger partial charge in [-0.3, -0.25) is 14.5 Å². The first-order valence-electron chi connectivity index (χ1n) is 8.60. The average molecular weight is 363 g/mol. The number of carbonyl (C=O) groups is 1. The lowest BCUT2D eigenvalue weighted by Crippen LogP contribution is -2.08. The number of benzene rings is 1. The summed E-state index contributed by atoms with van der Waals surface area (Å²) in [5, 5.41) is 14.0. The molecule has 2 aromatic heterocycles. The Labute approximate surface area is 157 Å². The molecule has 27 heavy (non-hydrogen) atoms. The molecule has 0 spiro atoms. The van der Waals surface area contributed by atoms with E-state index in [9.17, 15) is 9.90 Å². The van der Waals surface area contributed by atoms with Crippen LogP contribution in [0.2, 0.25) is 0 Å². The molecule has 1 N–H and O–H groups in total. The van der Waals surface area contributed by atoms with Crippen molar-refractivity contribution in [2.24, 2.45) is 0 Å². The van der Waals surface area contributed by atoms with Crippen molar-refractivity contribution in [1.29, 1.82) is 0 Å². The smallest absolute Gasteiger partial charge is 0.154 e. The van der Waals surface area contributed by atoms with Gasteiger partial charge in [0.25, 0.3) is 0 Å². The van der Waals surface area contributed by atoms with E-state index >= 15 is 0 Å². The monoisotopic (exact) mass is 363 g/mol. The first kappa shape index (κ1) is 18.4. The number of hydrogen-bond acceptors (Lipinski definition) is 5. The van der Waals surface area contributed by atoms with Gasteiger partial charge in [0.15, 0.2) is 6.29 Å². The van der Waals surface area contributed by atoms with E-state index < -0.39 is 0 Å². The fourth-order valence-electron chi connectivity index (χ4n) is 2.90. The molecule has 2 heterocycles. The van der Waals surface area contributed by atoms with E-state index in [4.69, 9.17) is 4.74 Å². The number of aromatic nitrogens is 3. The highest BCUT2D eigenvalue weighted by Crippen LogP contribution is 2.28. The molecule has 1 aromatic carbocycles. The summed E-state index contributed by atoms with van der Waals surface area (Å²) < 4.78 is 7.79. The maximum absolute atomic E-state index is 11.5. The molecule has 6 nitrogen and oxygen atoms in total. The number of aldehydes is 1. The highest BCUT2D eigenvalue weighted by atomic mass is 16.5. The maximum Gasteiger partial charge on any atom is 0.154 e. The predicted octanol–water partition coefficient (Wildman–Crippen LogP) is 4.45. The number of carbonyl (C=O) groups excluding carboxylic acids is 1. The van der Waals surface area contributed by atoms with Crippen molar-refractivity contribution in [3.05, 3.63) is 72.1 Å². The van der Waals surface area contributed by atoms with E-state index in [1.165, 1.54) is 0 Å². The quantitative estimate of drug-likeness (QED) is 0.496. The zero-order valence-electron chi connectivity index (χ0n) is 15.3. The topological polar surface area (TPSA) is 77.2 Å². The van der Waals surface area contributed by atoms with Crippen LogP contribution in [-0.4, -0.2) is 26.2 Å². The van der Waals surface area contributed by atoms with Gasteiger partial charge in [-0.25, -0.2) is 0 Å². The fourth-order valence-corrected chi connectivity index (χ4v) is 2.90. The molecule has 0 radical (unpaired) electrons. The van der Waals surface area contributed by atoms with Gasteiger partial charge in [-0.15, -0.1) is 0 Å². The summed E-state index contributed by atoms with van der Waals surface area (Å²) in [7, 11) is 0. The van der Waals surface area contributed by atoms with Crippen molar-refractivity contribution in [2.45, 2.75) is 26.5 Å². The van der Waals surface area contributed by atoms with Crippen LogP contribution in [0.5, 0.6) is 5.75 Å². The molecular formula is C21H21N3O3. The summed E-state index contributed by atoms with van der Waals surface area (Å²) in [6.45, 7) is 7.82. The van der Waals surface area contributed by atoms with Crippen molar-refractivity contribution in [3.63, 3.8) is 0 Å². The third-order valence-corrected chi connectivity index (χ3v) is 4.17. The Balaban J connectivity index is 1.93. The van der Waals surface area contributed by atoms with Gasteiger partial charge in [0.2, 0.25) is 0 Å². The van der Waals surface area contributed by atoms with Gasteiger partial charge < -0.3 is 9.84 Å². The van der Waals surface area contributed by atoms with Crippen LogP contribution in [0.4, 0.5) is 0 Å². The lowest BCUT2D eigenvalue weighted by atomic mass is 10.1. The number of aliphatic hydroxyl groups excluding tert-OH is 1. The standard InChI is InChI=1S/C21H21N3O3/c1-14(2)24-19(9-11-23-24)21-16(6-5-10-22-21)13-27-20-8-4-7-17(15(3)26)18(20)12-25/h4-12,14,26H,3,13H2,1-2H3. The van der Waals surface area contributed by atoms with Crippen LogP contribution in [0.25, 0.3) is 17.1 Å². The van der Waals surface area contributed by atoms with Crippen LogP contribution < -0.4 is 4.74 Å². The highest BCUT2D eigenvalue weighted by Gasteiger charge is 2.15. The Bertz CT molecular complexity index is 976. The van der Waals surface area contributed by atoms with Crippen molar-refractivity contribution in [2.75, 3.05) is 0 Å². The molecular weight excluding hydrogens is 342 g/mol. The Morgan fingerprint density at radius 3 is 2.78 bits per heavy atom. The van der Waals surface area contributed by atoms with E-state index in [2.05, 4.69) is 30.5 Å². The lowest BCUT2D eigenvalue weighted by molar-refractivity contribution is 0.111. The van der Waals surface area contributed by atoms with E-state index in [0.29, 0.717) is 17.6 Å². The summed E-state index contributed by atoms with van der Waals surface area (Å²) in [6.07, 6.45) is 4.13. The second-order valence-corrected chi connectivity index (χ2v) is 6.34. The minimum atomic E-state index is -0.176. The molecule has 0 saturated carbocycles. The first-order valence-corrected chi connectivity index (χ1v) is 8.60. The molecule has 0 unspecified atom stereocenters. The van der Waals surface area contributed by atoms with Crippen LogP contribution in [0.3, 0.4) is 0 Å². The number of nitrogens with zero attached hydrogens (tertiary/aromatic N) is 3. The minimum absolute atomic E-state index is 0.176. The number of hydrogen-bond donors (Lipinski definition) is 1. The van der Waals surface area contributed by atoms with Gasteiger partial charge >= 0.3 is 0 Å². The van der Waals surface area contributed by atoms with Crippen LogP contribution in [0, 0.1) is 0 Å². The molecule has 138 valence electrons. The van der Waals surface area contributed by atoms with Crippen molar-refractivity contribution in [3.8, 4) is 17.1 Å². The first-order chi connectivity index (χ1) is 13.0. The predicted molar refractivity (Wildman–Crippen MR) is 104 cm³/mol. The Morgan fingerprint density at radius 2 is 2.07 bits per heavy atom. The zero-order chi connectivity index (χ0) is 19.4. The number of rotatable bonds is 7. The maximum atomic E-state index is 11.5. The lowest BCUT2D eigenvalue weighted by Gasteiger charge is -2.15. The van der Waals surface area contributed by atoms with Gasteiger partial charge in [-0.05, 0) is 32.0 Å². The Kier molecular flexibility index (Phi) is 5.35. The molecule has 3 aromatic rings. The Hall–Kier alpha value is -3.41.